The molecule has 0 spiro atoms. The van der Waals surface area contributed by atoms with Crippen molar-refractivity contribution in [3.8, 4) is 6.07 Å². The zero-order valence-electron chi connectivity index (χ0n) is 11.4. The number of hydrogen-bond acceptors (Lipinski definition) is 2. The molecular weight excluding hydrogens is 208 g/mol. The van der Waals surface area contributed by atoms with Gasteiger partial charge in [-0.05, 0) is 57.0 Å². The summed E-state index contributed by atoms with van der Waals surface area (Å²) >= 11 is 0. The third kappa shape index (κ3) is 2.50. The van der Waals surface area contributed by atoms with E-state index in [-0.39, 0.29) is 5.54 Å². The maximum Gasteiger partial charge on any atom is 0.111 e. The van der Waals surface area contributed by atoms with E-state index in [1.807, 2.05) is 0 Å². The maximum absolute atomic E-state index is 9.75. The minimum absolute atomic E-state index is 0.142. The molecule has 0 radical (unpaired) electrons. The van der Waals surface area contributed by atoms with Crippen molar-refractivity contribution in [3.63, 3.8) is 0 Å². The minimum Gasteiger partial charge on any atom is -0.285 e. The summed E-state index contributed by atoms with van der Waals surface area (Å²) in [5.74, 6) is 1.34. The van der Waals surface area contributed by atoms with E-state index in [1.165, 1.54) is 38.5 Å². The number of hydrogen-bond donors (Lipinski definition) is 0. The Hall–Kier alpha value is -0.550. The SMILES string of the molecule is CC1CCC(C#N)(N2CCCCCC2)C(C)C1. The van der Waals surface area contributed by atoms with Crippen molar-refractivity contribution in [2.45, 2.75) is 64.3 Å². The van der Waals surface area contributed by atoms with Crippen LogP contribution in [-0.2, 0) is 0 Å². The van der Waals surface area contributed by atoms with Crippen molar-refractivity contribution >= 4 is 0 Å². The molecule has 0 bridgehead atoms. The molecule has 0 aromatic carbocycles. The molecule has 1 saturated carbocycles. The van der Waals surface area contributed by atoms with Crippen LogP contribution < -0.4 is 0 Å². The number of nitrogens with zero attached hydrogens (tertiary/aromatic N) is 2. The Labute approximate surface area is 106 Å². The lowest BCUT2D eigenvalue weighted by atomic mass is 9.69. The van der Waals surface area contributed by atoms with Crippen LogP contribution in [0.2, 0.25) is 0 Å². The summed E-state index contributed by atoms with van der Waals surface area (Å²) in [6, 6.07) is 2.71. The highest BCUT2D eigenvalue weighted by molar-refractivity contribution is 5.13. The highest BCUT2D eigenvalue weighted by Gasteiger charge is 2.44. The molecule has 2 heteroatoms. The van der Waals surface area contributed by atoms with Gasteiger partial charge in [-0.15, -0.1) is 0 Å². The van der Waals surface area contributed by atoms with Gasteiger partial charge < -0.3 is 0 Å². The lowest BCUT2D eigenvalue weighted by molar-refractivity contribution is 0.0398. The standard InChI is InChI=1S/C15H26N2/c1-13-7-8-15(12-16,14(2)11-13)17-9-5-3-4-6-10-17/h13-14H,3-11H2,1-2H3. The van der Waals surface area contributed by atoms with E-state index in [0.29, 0.717) is 5.92 Å². The average Bonchev–Trinajstić information content (AvgIpc) is 2.59. The topological polar surface area (TPSA) is 27.0 Å². The Morgan fingerprint density at radius 1 is 1.12 bits per heavy atom. The van der Waals surface area contributed by atoms with Gasteiger partial charge in [-0.25, -0.2) is 0 Å². The van der Waals surface area contributed by atoms with Gasteiger partial charge in [0.25, 0.3) is 0 Å². The monoisotopic (exact) mass is 234 g/mol. The molecule has 1 aliphatic carbocycles. The van der Waals surface area contributed by atoms with E-state index in [4.69, 9.17) is 0 Å². The lowest BCUT2D eigenvalue weighted by Gasteiger charge is -2.47. The third-order valence-corrected chi connectivity index (χ3v) is 4.95. The van der Waals surface area contributed by atoms with Crippen molar-refractivity contribution < 1.29 is 0 Å². The number of rotatable bonds is 1. The summed E-state index contributed by atoms with van der Waals surface area (Å²) in [6.07, 6.45) is 8.81. The Bertz CT molecular complexity index is 286. The Morgan fingerprint density at radius 3 is 2.29 bits per heavy atom. The van der Waals surface area contributed by atoms with Gasteiger partial charge in [-0.3, -0.25) is 4.90 Å². The van der Waals surface area contributed by atoms with E-state index in [9.17, 15) is 5.26 Å². The number of likely N-dealkylation sites (tertiary alicyclic amines) is 1. The fourth-order valence-electron chi connectivity index (χ4n) is 3.81. The Morgan fingerprint density at radius 2 is 1.76 bits per heavy atom. The van der Waals surface area contributed by atoms with Crippen molar-refractivity contribution in [1.29, 1.82) is 5.26 Å². The molecule has 2 aliphatic rings. The van der Waals surface area contributed by atoms with Gasteiger partial charge in [0.1, 0.15) is 5.54 Å². The Balaban J connectivity index is 2.15. The van der Waals surface area contributed by atoms with Crippen LogP contribution in [0.1, 0.15) is 58.8 Å². The van der Waals surface area contributed by atoms with Crippen LogP contribution in [-0.4, -0.2) is 23.5 Å². The molecule has 3 unspecified atom stereocenters. The van der Waals surface area contributed by atoms with Gasteiger partial charge in [-0.2, -0.15) is 5.26 Å². The highest BCUT2D eigenvalue weighted by atomic mass is 15.2. The molecule has 1 saturated heterocycles. The van der Waals surface area contributed by atoms with Gasteiger partial charge in [0, 0.05) is 0 Å². The molecule has 3 atom stereocenters. The molecule has 96 valence electrons. The first-order valence-corrected chi connectivity index (χ1v) is 7.35. The largest absolute Gasteiger partial charge is 0.285 e. The van der Waals surface area contributed by atoms with Crippen molar-refractivity contribution in [1.82, 2.24) is 4.90 Å². The second kappa shape index (κ2) is 5.40. The van der Waals surface area contributed by atoms with Crippen LogP contribution in [0.3, 0.4) is 0 Å². The maximum atomic E-state index is 9.75. The molecule has 2 rings (SSSR count). The van der Waals surface area contributed by atoms with E-state index in [1.54, 1.807) is 0 Å². The summed E-state index contributed by atoms with van der Waals surface area (Å²) in [6.45, 7) is 6.92. The molecule has 0 aromatic rings. The zero-order chi connectivity index (χ0) is 12.3. The molecule has 2 fully saturated rings. The molecule has 1 heterocycles. The van der Waals surface area contributed by atoms with Crippen LogP contribution in [0, 0.1) is 23.2 Å². The molecule has 17 heavy (non-hydrogen) atoms. The molecule has 0 amide bonds. The quantitative estimate of drug-likeness (QED) is 0.693. The van der Waals surface area contributed by atoms with Crippen LogP contribution in [0.15, 0.2) is 0 Å². The van der Waals surface area contributed by atoms with Crippen LogP contribution in [0.4, 0.5) is 0 Å². The van der Waals surface area contributed by atoms with Crippen molar-refractivity contribution in [2.24, 2.45) is 11.8 Å². The van der Waals surface area contributed by atoms with E-state index in [2.05, 4.69) is 24.8 Å². The fourth-order valence-corrected chi connectivity index (χ4v) is 3.81. The van der Waals surface area contributed by atoms with Gasteiger partial charge in [-0.1, -0.05) is 26.7 Å². The lowest BCUT2D eigenvalue weighted by Crippen LogP contribution is -2.55. The predicted octanol–water partition coefficient (Wildman–Crippen LogP) is 3.58. The fraction of sp³-hybridized carbons (Fsp3) is 0.933. The predicted molar refractivity (Wildman–Crippen MR) is 70.6 cm³/mol. The van der Waals surface area contributed by atoms with Gasteiger partial charge in [0.2, 0.25) is 0 Å². The summed E-state index contributed by atoms with van der Waals surface area (Å²) in [4.78, 5) is 2.52. The first kappa shape index (κ1) is 12.9. The Kier molecular flexibility index (Phi) is 4.09. The first-order chi connectivity index (χ1) is 8.19. The van der Waals surface area contributed by atoms with Crippen molar-refractivity contribution in [2.75, 3.05) is 13.1 Å². The van der Waals surface area contributed by atoms with Crippen molar-refractivity contribution in [3.05, 3.63) is 0 Å². The molecule has 2 nitrogen and oxygen atoms in total. The number of nitriles is 1. The minimum atomic E-state index is -0.142. The smallest absolute Gasteiger partial charge is 0.111 e. The second-order valence-electron chi connectivity index (χ2n) is 6.22. The average molecular weight is 234 g/mol. The summed E-state index contributed by atoms with van der Waals surface area (Å²) in [5.41, 5.74) is -0.142. The van der Waals surface area contributed by atoms with Crippen LogP contribution in [0.25, 0.3) is 0 Å². The van der Waals surface area contributed by atoms with Gasteiger partial charge >= 0.3 is 0 Å². The second-order valence-corrected chi connectivity index (χ2v) is 6.22. The van der Waals surface area contributed by atoms with E-state index in [0.717, 1.165) is 25.4 Å². The van der Waals surface area contributed by atoms with Crippen LogP contribution in [0.5, 0.6) is 0 Å². The summed E-state index contributed by atoms with van der Waals surface area (Å²) in [7, 11) is 0. The summed E-state index contributed by atoms with van der Waals surface area (Å²) < 4.78 is 0. The summed E-state index contributed by atoms with van der Waals surface area (Å²) in [5, 5.41) is 9.75. The van der Waals surface area contributed by atoms with Gasteiger partial charge in [0.15, 0.2) is 0 Å². The van der Waals surface area contributed by atoms with Crippen LogP contribution >= 0.6 is 0 Å². The first-order valence-electron chi connectivity index (χ1n) is 7.35. The molecule has 0 N–H and O–H groups in total. The molecule has 1 aliphatic heterocycles. The normalized spacial score (nSPS) is 40.5. The zero-order valence-corrected chi connectivity index (χ0v) is 11.4. The van der Waals surface area contributed by atoms with Gasteiger partial charge in [0.05, 0.1) is 6.07 Å². The van der Waals surface area contributed by atoms with E-state index < -0.39 is 0 Å². The molecular formula is C15H26N2. The molecule has 0 aromatic heterocycles. The highest BCUT2D eigenvalue weighted by Crippen LogP contribution is 2.41. The third-order valence-electron chi connectivity index (χ3n) is 4.95. The van der Waals surface area contributed by atoms with E-state index >= 15 is 0 Å².